The number of nitriles is 1. The fourth-order valence-corrected chi connectivity index (χ4v) is 2.43. The molecule has 4 nitrogen and oxygen atoms in total. The number of carbonyl (C=O) groups excluding carboxylic acids is 1. The fourth-order valence-electron chi connectivity index (χ4n) is 2.43. The molecule has 1 N–H and O–H groups in total. The second-order valence-corrected chi connectivity index (χ2v) is 5.16. The van der Waals surface area contributed by atoms with Gasteiger partial charge >= 0.3 is 0 Å². The first-order valence-corrected chi connectivity index (χ1v) is 7.19. The summed E-state index contributed by atoms with van der Waals surface area (Å²) in [4.78, 5) is 15.7. The molecule has 0 atom stereocenters. The molecule has 0 bridgehead atoms. The maximum absolute atomic E-state index is 13.0. The van der Waals surface area contributed by atoms with Crippen LogP contribution in [0, 0.1) is 17.1 Å². The summed E-state index contributed by atoms with van der Waals surface area (Å²) in [6, 6.07) is 12.8. The van der Waals surface area contributed by atoms with E-state index in [2.05, 4.69) is 4.98 Å². The third-order valence-corrected chi connectivity index (χ3v) is 3.68. The Morgan fingerprint density at radius 3 is 2.67 bits per heavy atom. The quantitative estimate of drug-likeness (QED) is 0.447. The van der Waals surface area contributed by atoms with Crippen LogP contribution in [0.5, 0.6) is 5.75 Å². The van der Waals surface area contributed by atoms with Gasteiger partial charge in [0.05, 0.1) is 7.11 Å². The van der Waals surface area contributed by atoms with Gasteiger partial charge in [-0.05, 0) is 42.0 Å². The summed E-state index contributed by atoms with van der Waals surface area (Å²) in [6.45, 7) is 0. The van der Waals surface area contributed by atoms with Gasteiger partial charge in [-0.2, -0.15) is 5.26 Å². The van der Waals surface area contributed by atoms with Gasteiger partial charge in [0.2, 0.25) is 5.78 Å². The predicted octanol–water partition coefficient (Wildman–Crippen LogP) is 4.11. The van der Waals surface area contributed by atoms with Gasteiger partial charge in [0.1, 0.15) is 23.2 Å². The van der Waals surface area contributed by atoms with Crippen LogP contribution >= 0.6 is 0 Å². The SMILES string of the molecule is COc1ccc2[nH]cc(C(=O)C(C#N)=Cc3ccc(F)cc3)c2c1. The van der Waals surface area contributed by atoms with Gasteiger partial charge in [0.15, 0.2) is 0 Å². The van der Waals surface area contributed by atoms with Crippen LogP contribution in [0.25, 0.3) is 17.0 Å². The van der Waals surface area contributed by atoms with Crippen molar-refractivity contribution < 1.29 is 13.9 Å². The number of H-pyrrole nitrogens is 1. The molecule has 0 saturated heterocycles. The molecule has 1 heterocycles. The topological polar surface area (TPSA) is 65.9 Å². The number of carbonyl (C=O) groups is 1. The van der Waals surface area contributed by atoms with E-state index in [0.29, 0.717) is 22.3 Å². The van der Waals surface area contributed by atoms with Gasteiger partial charge in [-0.25, -0.2) is 4.39 Å². The number of ketones is 1. The summed E-state index contributed by atoms with van der Waals surface area (Å²) in [7, 11) is 1.55. The Morgan fingerprint density at radius 1 is 1.25 bits per heavy atom. The minimum Gasteiger partial charge on any atom is -0.497 e. The smallest absolute Gasteiger partial charge is 0.205 e. The van der Waals surface area contributed by atoms with E-state index in [4.69, 9.17) is 4.74 Å². The zero-order valence-corrected chi connectivity index (χ0v) is 12.8. The fraction of sp³-hybridized carbons (Fsp3) is 0.0526. The van der Waals surface area contributed by atoms with E-state index < -0.39 is 5.78 Å². The van der Waals surface area contributed by atoms with Crippen molar-refractivity contribution in [2.75, 3.05) is 7.11 Å². The standard InChI is InChI=1S/C19H13FN2O2/c1-24-15-6-7-18-16(9-15)17(11-22-18)19(23)13(10-21)8-12-2-4-14(20)5-3-12/h2-9,11,22H,1H3. The van der Waals surface area contributed by atoms with Crippen LogP contribution in [0.3, 0.4) is 0 Å². The summed E-state index contributed by atoms with van der Waals surface area (Å²) in [5, 5.41) is 10.0. The number of hydrogen-bond acceptors (Lipinski definition) is 3. The molecular formula is C19H13FN2O2. The predicted molar refractivity (Wildman–Crippen MR) is 89.2 cm³/mol. The first-order valence-electron chi connectivity index (χ1n) is 7.19. The lowest BCUT2D eigenvalue weighted by molar-refractivity contribution is 0.104. The molecule has 5 heteroatoms. The maximum atomic E-state index is 13.0. The van der Waals surface area contributed by atoms with Crippen LogP contribution < -0.4 is 4.74 Å². The molecule has 0 radical (unpaired) electrons. The lowest BCUT2D eigenvalue weighted by Crippen LogP contribution is -2.01. The molecular weight excluding hydrogens is 307 g/mol. The van der Waals surface area contributed by atoms with E-state index in [0.717, 1.165) is 5.52 Å². The van der Waals surface area contributed by atoms with Crippen molar-refractivity contribution in [1.29, 1.82) is 5.26 Å². The van der Waals surface area contributed by atoms with Gasteiger partial charge in [-0.1, -0.05) is 12.1 Å². The van der Waals surface area contributed by atoms with Gasteiger partial charge in [0.25, 0.3) is 0 Å². The van der Waals surface area contributed by atoms with E-state index in [1.807, 2.05) is 6.07 Å². The van der Waals surface area contributed by atoms with E-state index >= 15 is 0 Å². The Balaban J connectivity index is 2.03. The number of nitrogens with one attached hydrogen (secondary N) is 1. The van der Waals surface area contributed by atoms with Crippen LogP contribution in [0.4, 0.5) is 4.39 Å². The van der Waals surface area contributed by atoms with Gasteiger partial charge in [-0.3, -0.25) is 4.79 Å². The largest absolute Gasteiger partial charge is 0.497 e. The highest BCUT2D eigenvalue weighted by molar-refractivity contribution is 6.20. The number of halogens is 1. The summed E-state index contributed by atoms with van der Waals surface area (Å²) in [6.07, 6.45) is 3.02. The Bertz CT molecular complexity index is 979. The van der Waals surface area contributed by atoms with Crippen molar-refractivity contribution in [2.24, 2.45) is 0 Å². The van der Waals surface area contributed by atoms with Crippen LogP contribution in [-0.4, -0.2) is 17.9 Å². The number of ether oxygens (including phenoxy) is 1. The number of nitrogens with zero attached hydrogens (tertiary/aromatic N) is 1. The number of Topliss-reactive ketones (excluding diaryl/α,β-unsaturated/α-hetero) is 1. The highest BCUT2D eigenvalue weighted by Gasteiger charge is 2.17. The molecule has 3 aromatic rings. The van der Waals surface area contributed by atoms with Crippen molar-refractivity contribution in [3.05, 3.63) is 71.2 Å². The van der Waals surface area contributed by atoms with Crippen molar-refractivity contribution in [1.82, 2.24) is 4.98 Å². The zero-order valence-electron chi connectivity index (χ0n) is 12.8. The molecule has 24 heavy (non-hydrogen) atoms. The molecule has 0 spiro atoms. The average molecular weight is 320 g/mol. The first-order chi connectivity index (χ1) is 11.6. The minimum atomic E-state index is -0.402. The minimum absolute atomic E-state index is 0.0228. The molecule has 0 aliphatic carbocycles. The molecule has 0 fully saturated rings. The van der Waals surface area contributed by atoms with Crippen molar-refractivity contribution in [3.8, 4) is 11.8 Å². The zero-order chi connectivity index (χ0) is 17.1. The molecule has 0 aliphatic rings. The van der Waals surface area contributed by atoms with Crippen LogP contribution in [0.1, 0.15) is 15.9 Å². The number of benzene rings is 2. The molecule has 3 rings (SSSR count). The average Bonchev–Trinajstić information content (AvgIpc) is 3.03. The third kappa shape index (κ3) is 2.90. The number of methoxy groups -OCH3 is 1. The number of hydrogen-bond donors (Lipinski definition) is 1. The number of rotatable bonds is 4. The van der Waals surface area contributed by atoms with Crippen LogP contribution in [-0.2, 0) is 0 Å². The second-order valence-electron chi connectivity index (χ2n) is 5.16. The summed E-state index contributed by atoms with van der Waals surface area (Å²) >= 11 is 0. The number of fused-ring (bicyclic) bond motifs is 1. The molecule has 0 saturated carbocycles. The Labute approximate surface area is 137 Å². The molecule has 118 valence electrons. The van der Waals surface area contributed by atoms with Crippen molar-refractivity contribution in [3.63, 3.8) is 0 Å². The second kappa shape index (κ2) is 6.39. The summed E-state index contributed by atoms with van der Waals surface area (Å²) < 4.78 is 18.1. The number of aromatic nitrogens is 1. The Hall–Kier alpha value is -3.39. The first kappa shape index (κ1) is 15.5. The molecule has 0 aliphatic heterocycles. The number of allylic oxidation sites excluding steroid dienone is 1. The monoisotopic (exact) mass is 320 g/mol. The van der Waals surface area contributed by atoms with E-state index in [-0.39, 0.29) is 11.4 Å². The van der Waals surface area contributed by atoms with Gasteiger partial charge < -0.3 is 9.72 Å². The number of aromatic amines is 1. The van der Waals surface area contributed by atoms with Crippen LogP contribution in [0.2, 0.25) is 0 Å². The summed E-state index contributed by atoms with van der Waals surface area (Å²) in [5.74, 6) is -0.154. The highest BCUT2D eigenvalue weighted by atomic mass is 19.1. The normalized spacial score (nSPS) is 11.3. The van der Waals surface area contributed by atoms with Gasteiger partial charge in [-0.15, -0.1) is 0 Å². The van der Waals surface area contributed by atoms with E-state index in [9.17, 15) is 14.4 Å². The Morgan fingerprint density at radius 2 is 2.00 bits per heavy atom. The molecule has 0 amide bonds. The van der Waals surface area contributed by atoms with Crippen LogP contribution in [0.15, 0.2) is 54.2 Å². The van der Waals surface area contributed by atoms with E-state index in [1.165, 1.54) is 30.3 Å². The third-order valence-electron chi connectivity index (χ3n) is 3.68. The molecule has 0 unspecified atom stereocenters. The molecule has 2 aromatic carbocycles. The highest BCUT2D eigenvalue weighted by Crippen LogP contribution is 2.25. The van der Waals surface area contributed by atoms with Gasteiger partial charge in [0, 0.05) is 22.7 Å². The molecule has 1 aromatic heterocycles. The summed E-state index contributed by atoms with van der Waals surface area (Å²) in [5.41, 5.74) is 1.72. The van der Waals surface area contributed by atoms with Crippen molar-refractivity contribution >= 4 is 22.8 Å². The van der Waals surface area contributed by atoms with E-state index in [1.54, 1.807) is 31.5 Å². The lowest BCUT2D eigenvalue weighted by Gasteiger charge is -2.01. The Kier molecular flexibility index (Phi) is 4.13. The lowest BCUT2D eigenvalue weighted by atomic mass is 10.0. The maximum Gasteiger partial charge on any atom is 0.205 e. The van der Waals surface area contributed by atoms with Crippen molar-refractivity contribution in [2.45, 2.75) is 0 Å².